The number of fused-ring (bicyclic) bond motifs is 2. The molecular formula is C29H39N11O2. The number of rotatable bonds is 6. The minimum Gasteiger partial charge on any atom is -0.352 e. The van der Waals surface area contributed by atoms with Crippen LogP contribution in [0.2, 0.25) is 0 Å². The van der Waals surface area contributed by atoms with E-state index in [1.165, 1.54) is 19.3 Å². The zero-order chi connectivity index (χ0) is 29.5. The lowest BCUT2D eigenvalue weighted by Crippen LogP contribution is -2.45. The molecule has 2 aliphatic heterocycles. The second-order valence-corrected chi connectivity index (χ2v) is 11.2. The molecule has 2 amide bonds. The summed E-state index contributed by atoms with van der Waals surface area (Å²) in [7, 11) is 0. The van der Waals surface area contributed by atoms with E-state index in [2.05, 4.69) is 51.1 Å². The van der Waals surface area contributed by atoms with Crippen LogP contribution in [-0.4, -0.2) is 83.4 Å². The standard InChI is InChI=1S/C15H16N6O.C14H23N5O/c1-11-18-19-14-9-20(5-6-21(11)14)10-15(22)17-13-4-2-3-12(7-13)8-16;1-11-16-17-13-9-18(7-8-19(11)13)10-14(20)15-12-5-3-2-4-6-12/h2-4,7H,5-6,9-10H2,1H3,(H,17,22);12H,2-10H2,1H3,(H,15,20). The van der Waals surface area contributed by atoms with Gasteiger partial charge in [0.2, 0.25) is 11.8 Å². The molecule has 6 rings (SSSR count). The van der Waals surface area contributed by atoms with Gasteiger partial charge in [0, 0.05) is 37.9 Å². The van der Waals surface area contributed by atoms with E-state index in [0.717, 1.165) is 68.9 Å². The number of hydrogen-bond donors (Lipinski definition) is 2. The van der Waals surface area contributed by atoms with E-state index in [4.69, 9.17) is 5.26 Å². The van der Waals surface area contributed by atoms with Gasteiger partial charge in [-0.2, -0.15) is 5.26 Å². The Balaban J connectivity index is 0.000000169. The fourth-order valence-electron chi connectivity index (χ4n) is 5.77. The summed E-state index contributed by atoms with van der Waals surface area (Å²) in [6, 6.07) is 9.34. The number of anilines is 1. The second-order valence-electron chi connectivity index (χ2n) is 11.2. The third kappa shape index (κ3) is 7.57. The van der Waals surface area contributed by atoms with Crippen molar-refractivity contribution in [1.82, 2.24) is 44.6 Å². The average Bonchev–Trinajstić information content (AvgIpc) is 3.55. The highest BCUT2D eigenvalue weighted by Crippen LogP contribution is 2.18. The van der Waals surface area contributed by atoms with Crippen LogP contribution >= 0.6 is 0 Å². The van der Waals surface area contributed by atoms with E-state index < -0.39 is 0 Å². The first kappa shape index (κ1) is 29.3. The van der Waals surface area contributed by atoms with Crippen LogP contribution in [0.25, 0.3) is 0 Å². The zero-order valence-corrected chi connectivity index (χ0v) is 24.4. The lowest BCUT2D eigenvalue weighted by molar-refractivity contribution is -0.123. The number of nitriles is 1. The van der Waals surface area contributed by atoms with Gasteiger partial charge in [-0.1, -0.05) is 25.3 Å². The van der Waals surface area contributed by atoms with E-state index in [9.17, 15) is 9.59 Å². The molecule has 0 unspecified atom stereocenters. The van der Waals surface area contributed by atoms with Gasteiger partial charge in [0.15, 0.2) is 0 Å². The molecule has 0 atom stereocenters. The Kier molecular flexibility index (Phi) is 9.55. The monoisotopic (exact) mass is 573 g/mol. The highest BCUT2D eigenvalue weighted by atomic mass is 16.2. The van der Waals surface area contributed by atoms with Gasteiger partial charge < -0.3 is 19.8 Å². The summed E-state index contributed by atoms with van der Waals surface area (Å²) in [6.45, 7) is 9.37. The summed E-state index contributed by atoms with van der Waals surface area (Å²) in [4.78, 5) is 28.4. The summed E-state index contributed by atoms with van der Waals surface area (Å²) >= 11 is 0. The van der Waals surface area contributed by atoms with Crippen LogP contribution in [-0.2, 0) is 35.8 Å². The van der Waals surface area contributed by atoms with Gasteiger partial charge in [-0.3, -0.25) is 19.4 Å². The van der Waals surface area contributed by atoms with Crippen LogP contribution in [0.5, 0.6) is 0 Å². The van der Waals surface area contributed by atoms with E-state index >= 15 is 0 Å². The molecular weight excluding hydrogens is 534 g/mol. The SMILES string of the molecule is Cc1nnc2n1CCN(CC(=O)NC1CCCCC1)C2.Cc1nnc2n1CCN(CC(=O)Nc1cccc(C#N)c1)C2. The summed E-state index contributed by atoms with van der Waals surface area (Å²) in [5, 5.41) is 31.3. The molecule has 0 bridgehead atoms. The summed E-state index contributed by atoms with van der Waals surface area (Å²) in [5.74, 6) is 3.79. The van der Waals surface area contributed by atoms with Crippen LogP contribution in [0, 0.1) is 25.2 Å². The maximum absolute atomic E-state index is 12.1. The Bertz CT molecular complexity index is 1430. The number of aryl methyl sites for hydroxylation is 2. The number of amides is 2. The molecule has 3 aliphatic rings. The lowest BCUT2D eigenvalue weighted by atomic mass is 9.95. The molecule has 0 spiro atoms. The van der Waals surface area contributed by atoms with Crippen molar-refractivity contribution in [3.63, 3.8) is 0 Å². The Hall–Kier alpha value is -4.15. The van der Waals surface area contributed by atoms with E-state index in [0.29, 0.717) is 36.9 Å². The third-order valence-electron chi connectivity index (χ3n) is 8.01. The molecule has 4 heterocycles. The first-order chi connectivity index (χ1) is 20.4. The minimum atomic E-state index is -0.0974. The molecule has 1 aromatic carbocycles. The van der Waals surface area contributed by atoms with Gasteiger partial charge in [-0.05, 0) is 44.9 Å². The molecule has 42 heavy (non-hydrogen) atoms. The highest BCUT2D eigenvalue weighted by Gasteiger charge is 2.23. The lowest BCUT2D eigenvalue weighted by Gasteiger charge is -2.28. The van der Waals surface area contributed by atoms with Gasteiger partial charge in [-0.15, -0.1) is 20.4 Å². The third-order valence-corrected chi connectivity index (χ3v) is 8.01. The van der Waals surface area contributed by atoms with Crippen LogP contribution in [0.3, 0.4) is 0 Å². The van der Waals surface area contributed by atoms with Gasteiger partial charge >= 0.3 is 0 Å². The van der Waals surface area contributed by atoms with Crippen LogP contribution in [0.4, 0.5) is 5.69 Å². The van der Waals surface area contributed by atoms with Crippen molar-refractivity contribution >= 4 is 17.5 Å². The predicted octanol–water partition coefficient (Wildman–Crippen LogP) is 1.76. The smallest absolute Gasteiger partial charge is 0.238 e. The highest BCUT2D eigenvalue weighted by molar-refractivity contribution is 5.92. The molecule has 1 aliphatic carbocycles. The number of carbonyl (C=O) groups is 2. The fraction of sp³-hybridized carbons (Fsp3) is 0.552. The molecule has 2 aromatic heterocycles. The number of carbonyl (C=O) groups excluding carboxylic acids is 2. The summed E-state index contributed by atoms with van der Waals surface area (Å²) < 4.78 is 4.21. The van der Waals surface area contributed by atoms with Crippen molar-refractivity contribution in [2.45, 2.75) is 78.2 Å². The molecule has 2 N–H and O–H groups in total. The molecule has 222 valence electrons. The van der Waals surface area contributed by atoms with Crippen molar-refractivity contribution in [2.24, 2.45) is 0 Å². The van der Waals surface area contributed by atoms with Crippen LogP contribution in [0.15, 0.2) is 24.3 Å². The first-order valence-corrected chi connectivity index (χ1v) is 14.7. The van der Waals surface area contributed by atoms with Crippen molar-refractivity contribution in [1.29, 1.82) is 5.26 Å². The van der Waals surface area contributed by atoms with Crippen molar-refractivity contribution in [3.05, 3.63) is 53.1 Å². The topological polar surface area (TPSA) is 150 Å². The predicted molar refractivity (Wildman–Crippen MR) is 155 cm³/mol. The summed E-state index contributed by atoms with van der Waals surface area (Å²) in [5.41, 5.74) is 1.17. The number of hydrogen-bond acceptors (Lipinski definition) is 9. The van der Waals surface area contributed by atoms with E-state index in [1.54, 1.807) is 24.3 Å². The summed E-state index contributed by atoms with van der Waals surface area (Å²) in [6.07, 6.45) is 6.08. The van der Waals surface area contributed by atoms with Gasteiger partial charge in [0.1, 0.15) is 23.3 Å². The minimum absolute atomic E-state index is 0.0974. The Morgan fingerprint density at radius 2 is 1.45 bits per heavy atom. The second kappa shape index (κ2) is 13.7. The van der Waals surface area contributed by atoms with Crippen molar-refractivity contribution in [3.8, 4) is 6.07 Å². The molecule has 1 saturated carbocycles. The number of benzene rings is 1. The molecule has 1 fully saturated rings. The quantitative estimate of drug-likeness (QED) is 0.450. The first-order valence-electron chi connectivity index (χ1n) is 14.7. The van der Waals surface area contributed by atoms with E-state index in [-0.39, 0.29) is 11.8 Å². The van der Waals surface area contributed by atoms with Gasteiger partial charge in [0.05, 0.1) is 37.8 Å². The average molecular weight is 574 g/mol. The largest absolute Gasteiger partial charge is 0.352 e. The molecule has 13 heteroatoms. The number of aromatic nitrogens is 6. The van der Waals surface area contributed by atoms with Crippen LogP contribution < -0.4 is 10.6 Å². The zero-order valence-electron chi connectivity index (χ0n) is 24.4. The van der Waals surface area contributed by atoms with Crippen molar-refractivity contribution < 1.29 is 9.59 Å². The Morgan fingerprint density at radius 1 is 0.857 bits per heavy atom. The number of nitrogens with zero attached hydrogens (tertiary/aromatic N) is 9. The fourth-order valence-corrected chi connectivity index (χ4v) is 5.77. The normalized spacial score (nSPS) is 17.3. The maximum Gasteiger partial charge on any atom is 0.238 e. The van der Waals surface area contributed by atoms with Crippen molar-refractivity contribution in [2.75, 3.05) is 31.5 Å². The molecule has 0 radical (unpaired) electrons. The molecule has 0 saturated heterocycles. The van der Waals surface area contributed by atoms with Crippen LogP contribution in [0.1, 0.15) is 61.0 Å². The molecule has 3 aromatic rings. The van der Waals surface area contributed by atoms with Gasteiger partial charge in [0.25, 0.3) is 0 Å². The number of nitrogens with one attached hydrogen (secondary N) is 2. The molecule has 13 nitrogen and oxygen atoms in total. The van der Waals surface area contributed by atoms with E-state index in [1.807, 2.05) is 18.7 Å². The Labute approximate surface area is 245 Å². The Morgan fingerprint density at radius 3 is 2.05 bits per heavy atom. The van der Waals surface area contributed by atoms with Gasteiger partial charge in [-0.25, -0.2) is 0 Å². The maximum atomic E-state index is 12.1.